The number of ether oxygens (including phenoxy) is 1. The Labute approximate surface area is 154 Å². The average Bonchev–Trinajstić information content (AvgIpc) is 3.43. The molecule has 1 amide bonds. The second-order valence-electron chi connectivity index (χ2n) is 6.57. The maximum absolute atomic E-state index is 13.1. The lowest BCUT2D eigenvalue weighted by molar-refractivity contribution is -0.120. The van der Waals surface area contributed by atoms with Crippen molar-refractivity contribution in [2.75, 3.05) is 46.9 Å². The molecule has 26 heavy (non-hydrogen) atoms. The van der Waals surface area contributed by atoms with E-state index in [9.17, 15) is 9.18 Å². The highest BCUT2D eigenvalue weighted by atomic mass is 19.1. The second kappa shape index (κ2) is 10.8. The van der Waals surface area contributed by atoms with E-state index in [2.05, 4.69) is 15.6 Å². The first-order chi connectivity index (χ1) is 12.6. The Kier molecular flexibility index (Phi) is 8.34. The van der Waals surface area contributed by atoms with E-state index >= 15 is 0 Å². The van der Waals surface area contributed by atoms with Gasteiger partial charge in [-0.3, -0.25) is 9.79 Å². The molecule has 0 bridgehead atoms. The molecule has 0 saturated heterocycles. The molecular formula is C19H29FN4O2. The second-order valence-corrected chi connectivity index (χ2v) is 6.57. The number of amides is 1. The predicted molar refractivity (Wildman–Crippen MR) is 101 cm³/mol. The Balaban J connectivity index is 1.58. The fourth-order valence-electron chi connectivity index (χ4n) is 2.50. The number of nitrogens with one attached hydrogen (secondary N) is 2. The van der Waals surface area contributed by atoms with Crippen LogP contribution in [-0.2, 0) is 16.0 Å². The van der Waals surface area contributed by atoms with Crippen molar-refractivity contribution in [2.24, 2.45) is 10.9 Å². The third-order valence-corrected chi connectivity index (χ3v) is 4.18. The molecule has 0 atom stereocenters. The van der Waals surface area contributed by atoms with Gasteiger partial charge in [0.1, 0.15) is 5.82 Å². The number of nitrogens with zero attached hydrogens (tertiary/aromatic N) is 2. The molecule has 1 fully saturated rings. The molecule has 0 radical (unpaired) electrons. The number of carbonyl (C=O) groups is 1. The third-order valence-electron chi connectivity index (χ3n) is 4.18. The van der Waals surface area contributed by atoms with Crippen molar-refractivity contribution in [2.45, 2.75) is 19.3 Å². The molecule has 144 valence electrons. The fourth-order valence-corrected chi connectivity index (χ4v) is 2.50. The smallest absolute Gasteiger partial charge is 0.224 e. The zero-order chi connectivity index (χ0) is 18.8. The predicted octanol–water partition coefficient (Wildman–Crippen LogP) is 1.42. The molecular weight excluding hydrogens is 335 g/mol. The first kappa shape index (κ1) is 20.2. The molecule has 1 aromatic rings. The standard InChI is InChI=1S/C19H29FN4O2/c1-21-19(24(2)10-11-26-14-15-6-7-15)23-9-8-22-18(25)13-16-4-3-5-17(20)12-16/h3-5,12,15H,6-11,13-14H2,1-2H3,(H,21,23)(H,22,25). The number of hydrogen-bond donors (Lipinski definition) is 2. The molecule has 0 spiro atoms. The lowest BCUT2D eigenvalue weighted by Gasteiger charge is -2.22. The Bertz CT molecular complexity index is 605. The molecule has 1 aromatic carbocycles. The minimum Gasteiger partial charge on any atom is -0.379 e. The lowest BCUT2D eigenvalue weighted by Crippen LogP contribution is -2.43. The summed E-state index contributed by atoms with van der Waals surface area (Å²) in [7, 11) is 3.69. The molecule has 0 aliphatic heterocycles. The number of benzene rings is 1. The van der Waals surface area contributed by atoms with Crippen molar-refractivity contribution in [1.82, 2.24) is 15.5 Å². The minimum absolute atomic E-state index is 0.130. The maximum atomic E-state index is 13.1. The Morgan fingerprint density at radius 1 is 1.35 bits per heavy atom. The van der Waals surface area contributed by atoms with E-state index in [4.69, 9.17) is 4.74 Å². The average molecular weight is 364 g/mol. The van der Waals surface area contributed by atoms with Gasteiger partial charge in [-0.1, -0.05) is 12.1 Å². The van der Waals surface area contributed by atoms with Crippen LogP contribution >= 0.6 is 0 Å². The number of carbonyl (C=O) groups excluding carboxylic acids is 1. The van der Waals surface area contributed by atoms with Crippen LogP contribution in [0.2, 0.25) is 0 Å². The fraction of sp³-hybridized carbons (Fsp3) is 0.579. The zero-order valence-corrected chi connectivity index (χ0v) is 15.6. The van der Waals surface area contributed by atoms with Crippen LogP contribution in [0.5, 0.6) is 0 Å². The Morgan fingerprint density at radius 2 is 2.12 bits per heavy atom. The SMILES string of the molecule is CN=C(NCCNC(=O)Cc1cccc(F)c1)N(C)CCOCC1CC1. The maximum Gasteiger partial charge on any atom is 0.224 e. The molecule has 0 aromatic heterocycles. The summed E-state index contributed by atoms with van der Waals surface area (Å²) in [4.78, 5) is 18.1. The van der Waals surface area contributed by atoms with Crippen LogP contribution in [0.4, 0.5) is 4.39 Å². The zero-order valence-electron chi connectivity index (χ0n) is 15.6. The van der Waals surface area contributed by atoms with Crippen LogP contribution in [-0.4, -0.2) is 63.7 Å². The van der Waals surface area contributed by atoms with E-state index in [-0.39, 0.29) is 18.1 Å². The molecule has 0 heterocycles. The highest BCUT2D eigenvalue weighted by Gasteiger charge is 2.21. The van der Waals surface area contributed by atoms with Crippen LogP contribution in [0.25, 0.3) is 0 Å². The van der Waals surface area contributed by atoms with Gasteiger partial charge in [-0.2, -0.15) is 0 Å². The van der Waals surface area contributed by atoms with Crippen molar-refractivity contribution in [1.29, 1.82) is 0 Å². The number of halogens is 1. The van der Waals surface area contributed by atoms with Gasteiger partial charge in [-0.25, -0.2) is 4.39 Å². The van der Waals surface area contributed by atoms with E-state index in [0.717, 1.165) is 25.0 Å². The first-order valence-corrected chi connectivity index (χ1v) is 9.09. The van der Waals surface area contributed by atoms with Gasteiger partial charge in [0.2, 0.25) is 5.91 Å². The summed E-state index contributed by atoms with van der Waals surface area (Å²) in [5.41, 5.74) is 0.664. The highest BCUT2D eigenvalue weighted by molar-refractivity contribution is 5.80. The van der Waals surface area contributed by atoms with Crippen LogP contribution < -0.4 is 10.6 Å². The summed E-state index contributed by atoms with van der Waals surface area (Å²) < 4.78 is 18.7. The van der Waals surface area contributed by atoms with Gasteiger partial charge in [-0.05, 0) is 36.5 Å². The summed E-state index contributed by atoms with van der Waals surface area (Å²) in [6, 6.07) is 6.08. The molecule has 1 aliphatic carbocycles. The number of guanidine groups is 1. The number of aliphatic imine (C=N–C) groups is 1. The molecule has 6 nitrogen and oxygen atoms in total. The van der Waals surface area contributed by atoms with Crippen molar-refractivity contribution in [3.05, 3.63) is 35.6 Å². The molecule has 2 rings (SSSR count). The van der Waals surface area contributed by atoms with E-state index in [1.807, 2.05) is 11.9 Å². The van der Waals surface area contributed by atoms with Crippen LogP contribution in [0.1, 0.15) is 18.4 Å². The summed E-state index contributed by atoms with van der Waals surface area (Å²) in [5, 5.41) is 6.02. The number of rotatable bonds is 10. The number of hydrogen-bond acceptors (Lipinski definition) is 3. The quantitative estimate of drug-likeness (QED) is 0.374. The van der Waals surface area contributed by atoms with Gasteiger partial charge in [0.25, 0.3) is 0 Å². The summed E-state index contributed by atoms with van der Waals surface area (Å²) in [6.07, 6.45) is 2.76. The molecule has 7 heteroatoms. The normalized spacial score (nSPS) is 14.2. The minimum atomic E-state index is -0.329. The Morgan fingerprint density at radius 3 is 2.81 bits per heavy atom. The van der Waals surface area contributed by atoms with E-state index < -0.39 is 0 Å². The van der Waals surface area contributed by atoms with E-state index in [1.165, 1.54) is 25.0 Å². The van der Waals surface area contributed by atoms with Gasteiger partial charge < -0.3 is 20.3 Å². The topological polar surface area (TPSA) is 66.0 Å². The van der Waals surface area contributed by atoms with Crippen LogP contribution in [0, 0.1) is 11.7 Å². The van der Waals surface area contributed by atoms with Gasteiger partial charge >= 0.3 is 0 Å². The summed E-state index contributed by atoms with van der Waals surface area (Å²) >= 11 is 0. The monoisotopic (exact) mass is 364 g/mol. The summed E-state index contributed by atoms with van der Waals surface area (Å²) in [6.45, 7) is 3.33. The number of likely N-dealkylation sites (N-methyl/N-ethyl adjacent to an activating group) is 1. The van der Waals surface area contributed by atoms with Gasteiger partial charge in [-0.15, -0.1) is 0 Å². The van der Waals surface area contributed by atoms with Gasteiger partial charge in [0, 0.05) is 40.3 Å². The molecule has 1 aliphatic rings. The molecule has 1 saturated carbocycles. The van der Waals surface area contributed by atoms with Crippen molar-refractivity contribution in [3.8, 4) is 0 Å². The highest BCUT2D eigenvalue weighted by Crippen LogP contribution is 2.28. The first-order valence-electron chi connectivity index (χ1n) is 9.09. The van der Waals surface area contributed by atoms with Gasteiger partial charge in [0.15, 0.2) is 5.96 Å². The molecule has 2 N–H and O–H groups in total. The van der Waals surface area contributed by atoms with Crippen molar-refractivity contribution < 1.29 is 13.9 Å². The van der Waals surface area contributed by atoms with E-state index in [0.29, 0.717) is 25.3 Å². The largest absolute Gasteiger partial charge is 0.379 e. The van der Waals surface area contributed by atoms with E-state index in [1.54, 1.807) is 19.2 Å². The van der Waals surface area contributed by atoms with Crippen molar-refractivity contribution in [3.63, 3.8) is 0 Å². The summed E-state index contributed by atoms with van der Waals surface area (Å²) in [5.74, 6) is 1.08. The molecule has 0 unspecified atom stereocenters. The van der Waals surface area contributed by atoms with Crippen molar-refractivity contribution >= 4 is 11.9 Å². The van der Waals surface area contributed by atoms with Gasteiger partial charge in [0.05, 0.1) is 13.0 Å². The van der Waals surface area contributed by atoms with Crippen LogP contribution in [0.15, 0.2) is 29.3 Å². The lowest BCUT2D eigenvalue weighted by atomic mass is 10.1. The third kappa shape index (κ3) is 7.82. The van der Waals surface area contributed by atoms with Crippen LogP contribution in [0.3, 0.4) is 0 Å². The Hall–Kier alpha value is -2.15.